The van der Waals surface area contributed by atoms with Gasteiger partial charge in [-0.15, -0.1) is 0 Å². The number of aryl methyl sites for hydroxylation is 2. The SMILES string of the molecule is Cc1cccc(C)c1-c1cccc(C(=O)CBr)c1. The molecule has 18 heavy (non-hydrogen) atoms. The van der Waals surface area contributed by atoms with Crippen LogP contribution in [0.25, 0.3) is 11.1 Å². The topological polar surface area (TPSA) is 17.1 Å². The van der Waals surface area contributed by atoms with E-state index in [0.29, 0.717) is 5.33 Å². The van der Waals surface area contributed by atoms with Gasteiger partial charge in [-0.25, -0.2) is 0 Å². The molecule has 0 atom stereocenters. The number of hydrogen-bond donors (Lipinski definition) is 0. The maximum absolute atomic E-state index is 11.7. The number of alkyl halides is 1. The zero-order valence-electron chi connectivity index (χ0n) is 10.5. The van der Waals surface area contributed by atoms with Crippen LogP contribution < -0.4 is 0 Å². The van der Waals surface area contributed by atoms with Gasteiger partial charge in [0.15, 0.2) is 5.78 Å². The van der Waals surface area contributed by atoms with Gasteiger partial charge in [0.25, 0.3) is 0 Å². The van der Waals surface area contributed by atoms with E-state index in [2.05, 4.69) is 54.0 Å². The molecule has 2 rings (SSSR count). The van der Waals surface area contributed by atoms with Gasteiger partial charge >= 0.3 is 0 Å². The number of ketones is 1. The molecular formula is C16H15BrO. The third-order valence-electron chi connectivity index (χ3n) is 3.08. The van der Waals surface area contributed by atoms with Gasteiger partial charge in [-0.3, -0.25) is 4.79 Å². The lowest BCUT2D eigenvalue weighted by atomic mass is 9.94. The average Bonchev–Trinajstić information content (AvgIpc) is 2.38. The zero-order chi connectivity index (χ0) is 13.1. The molecule has 0 aromatic heterocycles. The molecule has 0 N–H and O–H groups in total. The maximum Gasteiger partial charge on any atom is 0.173 e. The van der Waals surface area contributed by atoms with E-state index in [1.807, 2.05) is 18.2 Å². The highest BCUT2D eigenvalue weighted by Crippen LogP contribution is 2.27. The van der Waals surface area contributed by atoms with Crippen LogP contribution in [0, 0.1) is 13.8 Å². The minimum atomic E-state index is 0.114. The molecular weight excluding hydrogens is 288 g/mol. The number of halogens is 1. The van der Waals surface area contributed by atoms with Crippen molar-refractivity contribution in [3.8, 4) is 11.1 Å². The Hall–Kier alpha value is -1.41. The molecule has 2 aromatic rings. The molecule has 0 bridgehead atoms. The molecule has 0 amide bonds. The number of carbonyl (C=O) groups is 1. The predicted octanol–water partition coefficient (Wildman–Crippen LogP) is 4.55. The summed E-state index contributed by atoms with van der Waals surface area (Å²) in [4.78, 5) is 11.7. The molecule has 92 valence electrons. The molecule has 0 fully saturated rings. The van der Waals surface area contributed by atoms with Crippen LogP contribution in [0.1, 0.15) is 21.5 Å². The van der Waals surface area contributed by atoms with E-state index in [9.17, 15) is 4.79 Å². The minimum absolute atomic E-state index is 0.114. The third-order valence-corrected chi connectivity index (χ3v) is 3.59. The van der Waals surface area contributed by atoms with Crippen molar-refractivity contribution in [2.24, 2.45) is 0 Å². The summed E-state index contributed by atoms with van der Waals surface area (Å²) in [5.74, 6) is 0.114. The summed E-state index contributed by atoms with van der Waals surface area (Å²) >= 11 is 3.21. The lowest BCUT2D eigenvalue weighted by Crippen LogP contribution is -2.00. The Kier molecular flexibility index (Phi) is 3.97. The number of hydrogen-bond acceptors (Lipinski definition) is 1. The maximum atomic E-state index is 11.7. The van der Waals surface area contributed by atoms with Gasteiger partial charge in [-0.05, 0) is 42.2 Å². The summed E-state index contributed by atoms with van der Waals surface area (Å²) in [6.45, 7) is 4.20. The third kappa shape index (κ3) is 2.54. The minimum Gasteiger partial charge on any atom is -0.293 e. The fraction of sp³-hybridized carbons (Fsp3) is 0.188. The molecule has 0 aliphatic rings. The quantitative estimate of drug-likeness (QED) is 0.600. The van der Waals surface area contributed by atoms with Crippen molar-refractivity contribution in [3.63, 3.8) is 0 Å². The molecule has 0 unspecified atom stereocenters. The Morgan fingerprint density at radius 3 is 2.28 bits per heavy atom. The Bertz CT molecular complexity index is 567. The molecule has 2 aromatic carbocycles. The molecule has 0 aliphatic heterocycles. The van der Waals surface area contributed by atoms with Crippen LogP contribution in [0.4, 0.5) is 0 Å². The van der Waals surface area contributed by atoms with Crippen molar-refractivity contribution < 1.29 is 4.79 Å². The first kappa shape index (κ1) is 13.0. The fourth-order valence-electron chi connectivity index (χ4n) is 2.20. The molecule has 0 saturated carbocycles. The molecule has 0 radical (unpaired) electrons. The van der Waals surface area contributed by atoms with E-state index in [4.69, 9.17) is 0 Å². The van der Waals surface area contributed by atoms with E-state index in [1.54, 1.807) is 0 Å². The van der Waals surface area contributed by atoms with Crippen LogP contribution in [0.2, 0.25) is 0 Å². The number of benzene rings is 2. The molecule has 2 heteroatoms. The highest BCUT2D eigenvalue weighted by molar-refractivity contribution is 9.09. The first-order chi connectivity index (χ1) is 8.63. The highest BCUT2D eigenvalue weighted by atomic mass is 79.9. The first-order valence-electron chi connectivity index (χ1n) is 5.89. The van der Waals surface area contributed by atoms with Gasteiger partial charge in [0.2, 0.25) is 0 Å². The van der Waals surface area contributed by atoms with E-state index in [1.165, 1.54) is 16.7 Å². The average molecular weight is 303 g/mol. The number of Topliss-reactive ketones (excluding diaryl/α,β-unsaturated/α-hetero) is 1. The second-order valence-electron chi connectivity index (χ2n) is 4.40. The number of carbonyl (C=O) groups excluding carboxylic acids is 1. The lowest BCUT2D eigenvalue weighted by molar-refractivity contribution is 0.102. The summed E-state index contributed by atoms with van der Waals surface area (Å²) in [6.07, 6.45) is 0. The zero-order valence-corrected chi connectivity index (χ0v) is 12.1. The first-order valence-corrected chi connectivity index (χ1v) is 7.01. The second-order valence-corrected chi connectivity index (χ2v) is 4.97. The van der Waals surface area contributed by atoms with Crippen LogP contribution in [-0.4, -0.2) is 11.1 Å². The molecule has 0 saturated heterocycles. The highest BCUT2D eigenvalue weighted by Gasteiger charge is 2.08. The molecule has 0 heterocycles. The largest absolute Gasteiger partial charge is 0.293 e. The summed E-state index contributed by atoms with van der Waals surface area (Å²) < 4.78 is 0. The Morgan fingerprint density at radius 1 is 1.06 bits per heavy atom. The Labute approximate surface area is 116 Å². The molecule has 0 aliphatic carbocycles. The standard InChI is InChI=1S/C16H15BrO/c1-11-5-3-6-12(2)16(11)14-8-4-7-13(9-14)15(18)10-17/h3-9H,10H2,1-2H3. The number of rotatable bonds is 3. The van der Waals surface area contributed by atoms with Crippen molar-refractivity contribution in [2.45, 2.75) is 13.8 Å². The molecule has 1 nitrogen and oxygen atoms in total. The Morgan fingerprint density at radius 2 is 1.67 bits per heavy atom. The monoisotopic (exact) mass is 302 g/mol. The fourth-order valence-corrected chi connectivity index (χ4v) is 2.52. The van der Waals surface area contributed by atoms with Crippen LogP contribution in [0.5, 0.6) is 0 Å². The van der Waals surface area contributed by atoms with E-state index < -0.39 is 0 Å². The molecule has 0 spiro atoms. The van der Waals surface area contributed by atoms with Gasteiger partial charge < -0.3 is 0 Å². The van der Waals surface area contributed by atoms with Gasteiger partial charge in [0, 0.05) is 5.56 Å². The van der Waals surface area contributed by atoms with Crippen molar-refractivity contribution in [1.29, 1.82) is 0 Å². The van der Waals surface area contributed by atoms with Gasteiger partial charge in [-0.1, -0.05) is 52.3 Å². The van der Waals surface area contributed by atoms with Crippen molar-refractivity contribution >= 4 is 21.7 Å². The van der Waals surface area contributed by atoms with Crippen molar-refractivity contribution in [3.05, 3.63) is 59.2 Å². The van der Waals surface area contributed by atoms with Crippen molar-refractivity contribution in [2.75, 3.05) is 5.33 Å². The van der Waals surface area contributed by atoms with E-state index in [0.717, 1.165) is 11.1 Å². The van der Waals surface area contributed by atoms with E-state index in [-0.39, 0.29) is 5.78 Å². The van der Waals surface area contributed by atoms with Crippen LogP contribution >= 0.6 is 15.9 Å². The van der Waals surface area contributed by atoms with Crippen LogP contribution in [0.3, 0.4) is 0 Å². The Balaban J connectivity index is 2.55. The van der Waals surface area contributed by atoms with Gasteiger partial charge in [-0.2, -0.15) is 0 Å². The van der Waals surface area contributed by atoms with Crippen molar-refractivity contribution in [1.82, 2.24) is 0 Å². The summed E-state index contributed by atoms with van der Waals surface area (Å²) in [5, 5.41) is 0.364. The predicted molar refractivity (Wildman–Crippen MR) is 79.5 cm³/mol. The van der Waals surface area contributed by atoms with Gasteiger partial charge in [0.05, 0.1) is 5.33 Å². The van der Waals surface area contributed by atoms with Gasteiger partial charge in [0.1, 0.15) is 0 Å². The second kappa shape index (κ2) is 5.49. The van der Waals surface area contributed by atoms with Crippen LogP contribution in [-0.2, 0) is 0 Å². The normalized spacial score (nSPS) is 10.4. The van der Waals surface area contributed by atoms with Crippen LogP contribution in [0.15, 0.2) is 42.5 Å². The lowest BCUT2D eigenvalue weighted by Gasteiger charge is -2.10. The van der Waals surface area contributed by atoms with E-state index >= 15 is 0 Å². The summed E-state index contributed by atoms with van der Waals surface area (Å²) in [6, 6.07) is 14.1. The smallest absolute Gasteiger partial charge is 0.173 e. The summed E-state index contributed by atoms with van der Waals surface area (Å²) in [5.41, 5.74) is 5.56. The summed E-state index contributed by atoms with van der Waals surface area (Å²) in [7, 11) is 0.